The van der Waals surface area contributed by atoms with Crippen LogP contribution in [-0.4, -0.2) is 4.98 Å². The summed E-state index contributed by atoms with van der Waals surface area (Å²) < 4.78 is 0. The minimum Gasteiger partial charge on any atom is -0.255 e. The minimum atomic E-state index is 1.10. The van der Waals surface area contributed by atoms with Crippen molar-refractivity contribution in [3.63, 3.8) is 0 Å². The number of aromatic nitrogens is 1. The molecule has 0 aliphatic carbocycles. The van der Waals surface area contributed by atoms with Gasteiger partial charge in [-0.25, -0.2) is 0 Å². The second-order valence-corrected chi connectivity index (χ2v) is 8.45. The van der Waals surface area contributed by atoms with Gasteiger partial charge in [0.2, 0.25) is 0 Å². The molecule has 1 aromatic heterocycles. The summed E-state index contributed by atoms with van der Waals surface area (Å²) in [6.45, 7) is 15.4. The van der Waals surface area contributed by atoms with Crippen LogP contribution in [0.2, 0.25) is 0 Å². The van der Waals surface area contributed by atoms with Crippen molar-refractivity contribution >= 4 is 10.8 Å². The molecule has 0 unspecified atom stereocenters. The Labute approximate surface area is 174 Å². The molecule has 0 saturated heterocycles. The normalized spacial score (nSPS) is 11.3. The SMILES string of the molecule is Cc1cc(C)c(C)c(-c2ncc(C)c3ccc(-c4cccc(C)c4C)c(C)c23)c1. The first kappa shape index (κ1) is 19.4. The smallest absolute Gasteiger partial charge is 0.0786 e. The highest BCUT2D eigenvalue weighted by Crippen LogP contribution is 2.39. The minimum absolute atomic E-state index is 1.10. The lowest BCUT2D eigenvalue weighted by Crippen LogP contribution is -1.98. The van der Waals surface area contributed by atoms with Crippen molar-refractivity contribution in [2.45, 2.75) is 48.5 Å². The topological polar surface area (TPSA) is 12.9 Å². The van der Waals surface area contributed by atoms with Crippen molar-refractivity contribution < 1.29 is 0 Å². The predicted molar refractivity (Wildman–Crippen MR) is 126 cm³/mol. The van der Waals surface area contributed by atoms with E-state index in [9.17, 15) is 0 Å². The van der Waals surface area contributed by atoms with Gasteiger partial charge < -0.3 is 0 Å². The number of hydrogen-bond acceptors (Lipinski definition) is 1. The predicted octanol–water partition coefficient (Wildman–Crippen LogP) is 7.73. The Balaban J connectivity index is 2.11. The van der Waals surface area contributed by atoms with E-state index < -0.39 is 0 Å². The van der Waals surface area contributed by atoms with Gasteiger partial charge in [0.25, 0.3) is 0 Å². The summed E-state index contributed by atoms with van der Waals surface area (Å²) in [5, 5.41) is 2.57. The third-order valence-corrected chi connectivity index (χ3v) is 6.48. The van der Waals surface area contributed by atoms with Crippen molar-refractivity contribution in [2.75, 3.05) is 0 Å². The molecular formula is C28H29N. The number of pyridine rings is 1. The fourth-order valence-corrected chi connectivity index (χ4v) is 4.47. The van der Waals surface area contributed by atoms with Crippen LogP contribution < -0.4 is 0 Å². The molecule has 0 saturated carbocycles. The summed E-state index contributed by atoms with van der Waals surface area (Å²) >= 11 is 0. The van der Waals surface area contributed by atoms with Crippen LogP contribution in [0.25, 0.3) is 33.2 Å². The van der Waals surface area contributed by atoms with Crippen LogP contribution in [0, 0.1) is 48.5 Å². The van der Waals surface area contributed by atoms with E-state index in [1.165, 1.54) is 66.4 Å². The number of hydrogen-bond donors (Lipinski definition) is 0. The lowest BCUT2D eigenvalue weighted by atomic mass is 9.87. The third kappa shape index (κ3) is 3.15. The number of rotatable bonds is 2. The van der Waals surface area contributed by atoms with Crippen LogP contribution in [0.3, 0.4) is 0 Å². The van der Waals surface area contributed by atoms with Gasteiger partial charge in [0, 0.05) is 17.1 Å². The molecule has 0 spiro atoms. The number of aryl methyl sites for hydroxylation is 5. The number of benzene rings is 3. The molecule has 0 amide bonds. The van der Waals surface area contributed by atoms with Gasteiger partial charge in [-0.05, 0) is 104 Å². The Kier molecular flexibility index (Phi) is 4.78. The monoisotopic (exact) mass is 379 g/mol. The Hall–Kier alpha value is -2.93. The third-order valence-electron chi connectivity index (χ3n) is 6.48. The van der Waals surface area contributed by atoms with Crippen LogP contribution in [0.4, 0.5) is 0 Å². The van der Waals surface area contributed by atoms with Gasteiger partial charge in [-0.15, -0.1) is 0 Å². The van der Waals surface area contributed by atoms with Crippen LogP contribution in [0.5, 0.6) is 0 Å². The molecule has 3 aromatic carbocycles. The van der Waals surface area contributed by atoms with Crippen molar-refractivity contribution in [1.82, 2.24) is 4.98 Å². The van der Waals surface area contributed by atoms with E-state index in [0.29, 0.717) is 0 Å². The van der Waals surface area contributed by atoms with Gasteiger partial charge in [0.05, 0.1) is 5.69 Å². The molecule has 29 heavy (non-hydrogen) atoms. The Morgan fingerprint density at radius 3 is 2.03 bits per heavy atom. The van der Waals surface area contributed by atoms with Crippen molar-refractivity contribution in [3.8, 4) is 22.4 Å². The number of fused-ring (bicyclic) bond motifs is 1. The highest BCUT2D eigenvalue weighted by molar-refractivity contribution is 6.02. The van der Waals surface area contributed by atoms with Gasteiger partial charge in [-0.3, -0.25) is 4.98 Å². The summed E-state index contributed by atoms with van der Waals surface area (Å²) in [5.74, 6) is 0. The molecule has 0 aliphatic heterocycles. The molecule has 0 aliphatic rings. The molecule has 0 N–H and O–H groups in total. The van der Waals surface area contributed by atoms with Gasteiger partial charge in [-0.2, -0.15) is 0 Å². The van der Waals surface area contributed by atoms with Gasteiger partial charge >= 0.3 is 0 Å². The fourth-order valence-electron chi connectivity index (χ4n) is 4.47. The van der Waals surface area contributed by atoms with E-state index in [4.69, 9.17) is 4.98 Å². The maximum absolute atomic E-state index is 4.96. The molecule has 0 bridgehead atoms. The zero-order valence-corrected chi connectivity index (χ0v) is 18.6. The summed E-state index contributed by atoms with van der Waals surface area (Å²) in [4.78, 5) is 4.96. The molecule has 0 fully saturated rings. The molecule has 146 valence electrons. The Morgan fingerprint density at radius 1 is 0.586 bits per heavy atom. The van der Waals surface area contributed by atoms with Gasteiger partial charge in [0.15, 0.2) is 0 Å². The van der Waals surface area contributed by atoms with Crippen molar-refractivity contribution in [1.29, 1.82) is 0 Å². The molecule has 4 rings (SSSR count). The van der Waals surface area contributed by atoms with Crippen LogP contribution >= 0.6 is 0 Å². The Bertz CT molecular complexity index is 1260. The van der Waals surface area contributed by atoms with E-state index in [2.05, 4.69) is 90.9 Å². The second kappa shape index (κ2) is 7.15. The average molecular weight is 380 g/mol. The standard InChI is InChI=1S/C28H29N/c1-16-13-18(3)21(6)26(14-16)28-27-22(7)25(12-11-23(27)19(4)15-29-28)24-10-8-9-17(2)20(24)5/h8-15H,1-7H3. The summed E-state index contributed by atoms with van der Waals surface area (Å²) in [7, 11) is 0. The fraction of sp³-hybridized carbons (Fsp3) is 0.250. The second-order valence-electron chi connectivity index (χ2n) is 8.45. The van der Waals surface area contributed by atoms with Gasteiger partial charge in [0.1, 0.15) is 0 Å². The molecule has 1 nitrogen and oxygen atoms in total. The van der Waals surface area contributed by atoms with Crippen LogP contribution in [-0.2, 0) is 0 Å². The summed E-state index contributed by atoms with van der Waals surface area (Å²) in [6.07, 6.45) is 2.02. The van der Waals surface area contributed by atoms with E-state index >= 15 is 0 Å². The highest BCUT2D eigenvalue weighted by Gasteiger charge is 2.17. The van der Waals surface area contributed by atoms with Gasteiger partial charge in [-0.1, -0.05) is 42.0 Å². The van der Waals surface area contributed by atoms with Crippen molar-refractivity contribution in [3.05, 3.63) is 87.6 Å². The Morgan fingerprint density at radius 2 is 1.28 bits per heavy atom. The zero-order chi connectivity index (χ0) is 20.9. The van der Waals surface area contributed by atoms with E-state index in [1.807, 2.05) is 6.20 Å². The first-order valence-electron chi connectivity index (χ1n) is 10.3. The molecule has 1 heterocycles. The lowest BCUT2D eigenvalue weighted by molar-refractivity contribution is 1.25. The average Bonchev–Trinajstić information content (AvgIpc) is 2.68. The zero-order valence-electron chi connectivity index (χ0n) is 18.6. The largest absolute Gasteiger partial charge is 0.255 e. The molecule has 0 radical (unpaired) electrons. The summed E-state index contributed by atoms with van der Waals surface area (Å²) in [5.41, 5.74) is 14.1. The molecule has 4 aromatic rings. The van der Waals surface area contributed by atoms with E-state index in [-0.39, 0.29) is 0 Å². The maximum Gasteiger partial charge on any atom is 0.0786 e. The maximum atomic E-state index is 4.96. The van der Waals surface area contributed by atoms with E-state index in [1.54, 1.807) is 0 Å². The highest BCUT2D eigenvalue weighted by atomic mass is 14.7. The lowest BCUT2D eigenvalue weighted by Gasteiger charge is -2.18. The van der Waals surface area contributed by atoms with Crippen LogP contribution in [0.15, 0.2) is 48.7 Å². The van der Waals surface area contributed by atoms with Crippen LogP contribution in [0.1, 0.15) is 38.9 Å². The molecular weight excluding hydrogens is 350 g/mol. The first-order valence-corrected chi connectivity index (χ1v) is 10.3. The van der Waals surface area contributed by atoms with Crippen molar-refractivity contribution in [2.24, 2.45) is 0 Å². The molecule has 1 heteroatoms. The molecule has 0 atom stereocenters. The quantitative estimate of drug-likeness (QED) is 0.347. The summed E-state index contributed by atoms with van der Waals surface area (Å²) in [6, 6.07) is 15.7. The first-order chi connectivity index (χ1) is 13.8. The van der Waals surface area contributed by atoms with E-state index in [0.717, 1.165) is 5.69 Å². The number of nitrogens with zero attached hydrogens (tertiary/aromatic N) is 1.